The lowest BCUT2D eigenvalue weighted by atomic mass is 10.2. The number of rotatable bonds is 7. The Morgan fingerprint density at radius 3 is 2.23 bits per heavy atom. The van der Waals surface area contributed by atoms with Crippen molar-refractivity contribution in [3.8, 4) is 0 Å². The lowest BCUT2D eigenvalue weighted by Crippen LogP contribution is -2.57. The van der Waals surface area contributed by atoms with Gasteiger partial charge in [0.2, 0.25) is 15.9 Å². The molecule has 0 aromatic heterocycles. The number of benzene rings is 2. The van der Waals surface area contributed by atoms with Crippen LogP contribution in [0.15, 0.2) is 52.3 Å². The van der Waals surface area contributed by atoms with Crippen LogP contribution in [0.4, 0.5) is 8.78 Å². The number of nitrogens with zero attached hydrogens (tertiary/aromatic N) is 1. The van der Waals surface area contributed by atoms with E-state index in [1.807, 2.05) is 0 Å². The number of likely N-dealkylation sites (tertiary alicyclic amines) is 1. The van der Waals surface area contributed by atoms with Crippen LogP contribution in [0.2, 0.25) is 5.02 Å². The number of carbonyl (C=O) groups is 1. The monoisotopic (exact) mass is 478 g/mol. The SMILES string of the molecule is O=C(CCNS(=O)(=O)c1ccc(F)c(Cl)c1)N1CC(S(=O)(=O)c2ccc(F)cc2)C1. The summed E-state index contributed by atoms with van der Waals surface area (Å²) in [6.07, 6.45) is -0.183. The fourth-order valence-corrected chi connectivity index (χ4v) is 5.79. The summed E-state index contributed by atoms with van der Waals surface area (Å²) in [6, 6.07) is 7.37. The van der Waals surface area contributed by atoms with Gasteiger partial charge in [-0.3, -0.25) is 4.79 Å². The number of hydrogen-bond acceptors (Lipinski definition) is 5. The molecule has 0 aliphatic carbocycles. The van der Waals surface area contributed by atoms with E-state index in [4.69, 9.17) is 11.6 Å². The van der Waals surface area contributed by atoms with E-state index in [9.17, 15) is 30.4 Å². The minimum absolute atomic E-state index is 0.0216. The Bertz CT molecular complexity index is 1170. The minimum atomic E-state index is -3.98. The second kappa shape index (κ2) is 8.58. The fourth-order valence-electron chi connectivity index (χ4n) is 2.83. The molecular formula is C18H17ClF2N2O5S2. The van der Waals surface area contributed by atoms with Gasteiger partial charge in [0.25, 0.3) is 0 Å². The van der Waals surface area contributed by atoms with Crippen LogP contribution in [0, 0.1) is 11.6 Å². The first-order valence-electron chi connectivity index (χ1n) is 8.72. The third-order valence-electron chi connectivity index (χ3n) is 4.61. The van der Waals surface area contributed by atoms with E-state index in [1.165, 1.54) is 17.0 Å². The predicted octanol–water partition coefficient (Wildman–Crippen LogP) is 1.97. The summed E-state index contributed by atoms with van der Waals surface area (Å²) in [4.78, 5) is 13.2. The van der Waals surface area contributed by atoms with Crippen molar-refractivity contribution < 1.29 is 30.4 Å². The van der Waals surface area contributed by atoms with E-state index in [1.54, 1.807) is 0 Å². The van der Waals surface area contributed by atoms with Crippen LogP contribution in [-0.4, -0.2) is 52.5 Å². The molecule has 3 rings (SSSR count). The van der Waals surface area contributed by atoms with Gasteiger partial charge in [-0.2, -0.15) is 0 Å². The molecule has 1 fully saturated rings. The zero-order valence-electron chi connectivity index (χ0n) is 15.4. The summed E-state index contributed by atoms with van der Waals surface area (Å²) in [7, 11) is -7.67. The van der Waals surface area contributed by atoms with E-state index in [2.05, 4.69) is 4.72 Å². The van der Waals surface area contributed by atoms with Gasteiger partial charge in [-0.25, -0.2) is 30.3 Å². The van der Waals surface area contributed by atoms with Crippen LogP contribution in [0.25, 0.3) is 0 Å². The molecule has 0 atom stereocenters. The smallest absolute Gasteiger partial charge is 0.240 e. The van der Waals surface area contributed by atoms with Gasteiger partial charge in [-0.1, -0.05) is 11.6 Å². The normalized spacial score (nSPS) is 15.1. The fraction of sp³-hybridized carbons (Fsp3) is 0.278. The maximum Gasteiger partial charge on any atom is 0.240 e. The number of sulfonamides is 1. The van der Waals surface area contributed by atoms with Crippen LogP contribution >= 0.6 is 11.6 Å². The molecule has 0 saturated carbocycles. The Balaban J connectivity index is 1.51. The second-order valence-electron chi connectivity index (χ2n) is 6.64. The molecule has 0 bridgehead atoms. The molecule has 0 spiro atoms. The van der Waals surface area contributed by atoms with E-state index >= 15 is 0 Å². The molecule has 0 unspecified atom stereocenters. The van der Waals surface area contributed by atoms with Gasteiger partial charge in [0.15, 0.2) is 9.84 Å². The number of nitrogens with one attached hydrogen (secondary N) is 1. The Morgan fingerprint density at radius 1 is 1.03 bits per heavy atom. The highest BCUT2D eigenvalue weighted by atomic mass is 35.5. The van der Waals surface area contributed by atoms with Crippen LogP contribution in [-0.2, 0) is 24.7 Å². The summed E-state index contributed by atoms with van der Waals surface area (Å²) in [5, 5.41) is -1.15. The quantitative estimate of drug-likeness (QED) is 0.613. The van der Waals surface area contributed by atoms with Gasteiger partial charge in [-0.05, 0) is 42.5 Å². The van der Waals surface area contributed by atoms with Gasteiger partial charge in [-0.15, -0.1) is 0 Å². The van der Waals surface area contributed by atoms with Gasteiger partial charge >= 0.3 is 0 Å². The van der Waals surface area contributed by atoms with Gasteiger partial charge in [0.1, 0.15) is 16.9 Å². The summed E-state index contributed by atoms with van der Waals surface area (Å²) in [5.41, 5.74) is 0. The third-order valence-corrected chi connectivity index (χ3v) is 8.47. The summed E-state index contributed by atoms with van der Waals surface area (Å²) in [6.45, 7) is -0.278. The van der Waals surface area contributed by atoms with Crippen molar-refractivity contribution in [2.75, 3.05) is 19.6 Å². The van der Waals surface area contributed by atoms with E-state index in [0.29, 0.717) is 0 Å². The minimum Gasteiger partial charge on any atom is -0.340 e. The Labute approximate surface area is 177 Å². The number of sulfone groups is 1. The number of halogens is 3. The highest BCUT2D eigenvalue weighted by molar-refractivity contribution is 7.92. The molecule has 2 aromatic rings. The number of carbonyl (C=O) groups excluding carboxylic acids is 1. The molecule has 1 aliphatic heterocycles. The molecule has 162 valence electrons. The molecule has 0 radical (unpaired) electrons. The molecule has 2 aromatic carbocycles. The van der Waals surface area contributed by atoms with Crippen LogP contribution in [0.3, 0.4) is 0 Å². The standard InChI is InChI=1S/C18H17ClF2N2O5S2/c19-16-9-14(5-6-17(16)21)30(27,28)22-8-7-18(24)23-10-15(11-23)29(25,26)13-3-1-12(20)2-4-13/h1-6,9,15,22H,7-8,10-11H2. The molecule has 1 aliphatic rings. The molecule has 7 nitrogen and oxygen atoms in total. The summed E-state index contributed by atoms with van der Waals surface area (Å²) in [5.74, 6) is -1.72. The topological polar surface area (TPSA) is 101 Å². The maximum absolute atomic E-state index is 13.2. The Hall–Kier alpha value is -2.08. The second-order valence-corrected chi connectivity index (χ2v) is 11.0. The van der Waals surface area contributed by atoms with Crippen molar-refractivity contribution in [3.63, 3.8) is 0 Å². The van der Waals surface area contributed by atoms with Crippen LogP contribution < -0.4 is 4.72 Å². The first-order chi connectivity index (χ1) is 14.0. The molecular weight excluding hydrogens is 462 g/mol. The molecule has 1 N–H and O–H groups in total. The first kappa shape index (κ1) is 22.6. The largest absolute Gasteiger partial charge is 0.340 e. The van der Waals surface area contributed by atoms with Crippen molar-refractivity contribution in [1.82, 2.24) is 9.62 Å². The van der Waals surface area contributed by atoms with Gasteiger partial charge in [0.05, 0.1) is 14.8 Å². The highest BCUT2D eigenvalue weighted by Crippen LogP contribution is 2.24. The van der Waals surface area contributed by atoms with Crippen LogP contribution in [0.1, 0.15) is 6.42 Å². The van der Waals surface area contributed by atoms with Crippen LogP contribution in [0.5, 0.6) is 0 Å². The summed E-state index contributed by atoms with van der Waals surface area (Å²) >= 11 is 5.58. The van der Waals surface area contributed by atoms with Crippen molar-refractivity contribution in [2.45, 2.75) is 21.5 Å². The molecule has 1 heterocycles. The highest BCUT2D eigenvalue weighted by Gasteiger charge is 2.40. The summed E-state index contributed by atoms with van der Waals surface area (Å²) < 4.78 is 77.6. The van der Waals surface area contributed by atoms with Crippen molar-refractivity contribution >= 4 is 37.4 Å². The van der Waals surface area contributed by atoms with E-state index in [-0.39, 0.29) is 40.9 Å². The maximum atomic E-state index is 13.2. The molecule has 30 heavy (non-hydrogen) atoms. The lowest BCUT2D eigenvalue weighted by molar-refractivity contribution is -0.134. The lowest BCUT2D eigenvalue weighted by Gasteiger charge is -2.38. The molecule has 1 saturated heterocycles. The molecule has 1 amide bonds. The predicted molar refractivity (Wildman–Crippen MR) is 105 cm³/mol. The Morgan fingerprint density at radius 2 is 1.63 bits per heavy atom. The number of amides is 1. The zero-order valence-corrected chi connectivity index (χ0v) is 17.8. The van der Waals surface area contributed by atoms with Gasteiger partial charge in [0, 0.05) is 26.1 Å². The average molecular weight is 479 g/mol. The first-order valence-corrected chi connectivity index (χ1v) is 12.1. The van der Waals surface area contributed by atoms with E-state index < -0.39 is 42.7 Å². The van der Waals surface area contributed by atoms with Crippen molar-refractivity contribution in [3.05, 3.63) is 59.1 Å². The third kappa shape index (κ3) is 4.80. The van der Waals surface area contributed by atoms with Crippen molar-refractivity contribution in [2.24, 2.45) is 0 Å². The number of hydrogen-bond donors (Lipinski definition) is 1. The zero-order chi connectivity index (χ0) is 22.1. The molecule has 12 heteroatoms. The Kier molecular flexibility index (Phi) is 6.46. The average Bonchev–Trinajstić information content (AvgIpc) is 2.62. The van der Waals surface area contributed by atoms with E-state index in [0.717, 1.165) is 30.3 Å². The van der Waals surface area contributed by atoms with Gasteiger partial charge < -0.3 is 4.90 Å². The van der Waals surface area contributed by atoms with Crippen molar-refractivity contribution in [1.29, 1.82) is 0 Å².